The Labute approximate surface area is 131 Å². The number of rotatable bonds is 6. The molecule has 0 bridgehead atoms. The van der Waals surface area contributed by atoms with E-state index in [-0.39, 0.29) is 0 Å². The summed E-state index contributed by atoms with van der Waals surface area (Å²) in [5.74, 6) is 0.448. The second-order valence-electron chi connectivity index (χ2n) is 5.42. The van der Waals surface area contributed by atoms with Crippen molar-refractivity contribution in [2.45, 2.75) is 39.5 Å². The van der Waals surface area contributed by atoms with Gasteiger partial charge in [-0.25, -0.2) is 4.79 Å². The van der Waals surface area contributed by atoms with Crippen LogP contribution in [-0.2, 0) is 6.42 Å². The number of benzene rings is 2. The lowest BCUT2D eigenvalue weighted by molar-refractivity contribution is 0.144. The Morgan fingerprint density at radius 1 is 1.05 bits per heavy atom. The average molecular weight is 298 g/mol. The van der Waals surface area contributed by atoms with Gasteiger partial charge < -0.3 is 9.84 Å². The van der Waals surface area contributed by atoms with E-state index in [9.17, 15) is 4.79 Å². The van der Waals surface area contributed by atoms with Gasteiger partial charge in [0.1, 0.15) is 5.75 Å². The Morgan fingerprint density at radius 2 is 1.77 bits per heavy atom. The maximum Gasteiger partial charge on any atom is 0.511 e. The van der Waals surface area contributed by atoms with Crippen LogP contribution in [0.4, 0.5) is 4.79 Å². The molecule has 0 radical (unpaired) electrons. The van der Waals surface area contributed by atoms with E-state index < -0.39 is 6.16 Å². The molecule has 0 aliphatic carbocycles. The summed E-state index contributed by atoms with van der Waals surface area (Å²) in [6, 6.07) is 13.8. The lowest BCUT2D eigenvalue weighted by Gasteiger charge is -2.15. The van der Waals surface area contributed by atoms with Crippen LogP contribution in [0.5, 0.6) is 5.75 Å². The first-order valence-electron chi connectivity index (χ1n) is 7.72. The first kappa shape index (κ1) is 16.1. The van der Waals surface area contributed by atoms with Crippen molar-refractivity contribution < 1.29 is 14.6 Å². The Morgan fingerprint density at radius 3 is 2.45 bits per heavy atom. The second-order valence-corrected chi connectivity index (χ2v) is 5.42. The molecule has 0 atom stereocenters. The van der Waals surface area contributed by atoms with E-state index >= 15 is 0 Å². The molecule has 0 saturated carbocycles. The summed E-state index contributed by atoms with van der Waals surface area (Å²) in [6.45, 7) is 4.22. The smallest absolute Gasteiger partial charge is 0.449 e. The van der Waals surface area contributed by atoms with Crippen molar-refractivity contribution in [2.75, 3.05) is 0 Å². The molecule has 2 rings (SSSR count). The minimum absolute atomic E-state index is 0.448. The first-order valence-corrected chi connectivity index (χ1v) is 7.72. The molecule has 0 aromatic heterocycles. The monoisotopic (exact) mass is 298 g/mol. The van der Waals surface area contributed by atoms with Gasteiger partial charge >= 0.3 is 6.16 Å². The van der Waals surface area contributed by atoms with Crippen LogP contribution in [0.25, 0.3) is 11.1 Å². The third-order valence-corrected chi connectivity index (χ3v) is 3.80. The van der Waals surface area contributed by atoms with Gasteiger partial charge in [0.05, 0.1) is 0 Å². The number of carboxylic acid groups (broad SMARTS) is 1. The molecular weight excluding hydrogens is 276 g/mol. The van der Waals surface area contributed by atoms with Gasteiger partial charge in [0, 0.05) is 5.56 Å². The van der Waals surface area contributed by atoms with Crippen LogP contribution in [0, 0.1) is 6.92 Å². The molecule has 1 N–H and O–H groups in total. The van der Waals surface area contributed by atoms with E-state index in [1.807, 2.05) is 24.3 Å². The normalized spacial score (nSPS) is 10.5. The van der Waals surface area contributed by atoms with E-state index in [1.54, 1.807) is 6.07 Å². The highest BCUT2D eigenvalue weighted by atomic mass is 16.7. The third kappa shape index (κ3) is 3.88. The van der Waals surface area contributed by atoms with Gasteiger partial charge in [0.15, 0.2) is 0 Å². The number of aryl methyl sites for hydroxylation is 1. The lowest BCUT2D eigenvalue weighted by Crippen LogP contribution is -2.06. The Balaban J connectivity index is 2.47. The number of unbranched alkanes of at least 4 members (excludes halogenated alkanes) is 2. The molecule has 0 aliphatic heterocycles. The predicted octanol–water partition coefficient (Wildman–Crippen LogP) is 5.45. The summed E-state index contributed by atoms with van der Waals surface area (Å²) in [7, 11) is 0. The minimum atomic E-state index is -1.27. The van der Waals surface area contributed by atoms with E-state index in [0.29, 0.717) is 5.75 Å². The maximum atomic E-state index is 10.9. The quantitative estimate of drug-likeness (QED) is 0.438. The molecule has 22 heavy (non-hydrogen) atoms. The fraction of sp³-hybridized carbons (Fsp3) is 0.316. The molecule has 0 aliphatic rings. The second kappa shape index (κ2) is 7.64. The Bertz CT molecular complexity index is 647. The van der Waals surface area contributed by atoms with Crippen molar-refractivity contribution in [3.8, 4) is 16.9 Å². The fourth-order valence-corrected chi connectivity index (χ4v) is 2.69. The summed E-state index contributed by atoms with van der Waals surface area (Å²) in [5.41, 5.74) is 4.34. The fourth-order valence-electron chi connectivity index (χ4n) is 2.69. The summed E-state index contributed by atoms with van der Waals surface area (Å²) >= 11 is 0. The van der Waals surface area contributed by atoms with E-state index in [1.165, 1.54) is 5.56 Å². The molecule has 0 spiro atoms. The topological polar surface area (TPSA) is 46.5 Å². The third-order valence-electron chi connectivity index (χ3n) is 3.80. The zero-order chi connectivity index (χ0) is 15.9. The highest BCUT2D eigenvalue weighted by Crippen LogP contribution is 2.34. The highest BCUT2D eigenvalue weighted by Gasteiger charge is 2.14. The van der Waals surface area contributed by atoms with E-state index in [4.69, 9.17) is 9.84 Å². The SMILES string of the molecule is CCCCCc1c(OC(=O)O)cccc1-c1ccccc1C. The van der Waals surface area contributed by atoms with Crippen LogP contribution in [-0.4, -0.2) is 11.3 Å². The first-order chi connectivity index (χ1) is 10.6. The zero-order valence-electron chi connectivity index (χ0n) is 13.1. The van der Waals surface area contributed by atoms with Crippen molar-refractivity contribution in [1.29, 1.82) is 0 Å². The Kier molecular flexibility index (Phi) is 5.59. The molecule has 3 heteroatoms. The minimum Gasteiger partial charge on any atom is -0.449 e. The maximum absolute atomic E-state index is 10.9. The molecule has 0 heterocycles. The number of carbonyl (C=O) groups is 1. The van der Waals surface area contributed by atoms with Gasteiger partial charge in [-0.2, -0.15) is 0 Å². The average Bonchev–Trinajstić information content (AvgIpc) is 2.49. The van der Waals surface area contributed by atoms with Crippen LogP contribution in [0.2, 0.25) is 0 Å². The summed E-state index contributed by atoms with van der Waals surface area (Å²) < 4.78 is 4.99. The van der Waals surface area contributed by atoms with Crippen LogP contribution < -0.4 is 4.74 Å². The molecule has 116 valence electrons. The summed E-state index contributed by atoms with van der Waals surface area (Å²) in [6.07, 6.45) is 2.82. The summed E-state index contributed by atoms with van der Waals surface area (Å²) in [5, 5.41) is 8.96. The van der Waals surface area contributed by atoms with E-state index in [0.717, 1.165) is 42.4 Å². The van der Waals surface area contributed by atoms with Gasteiger partial charge in [-0.15, -0.1) is 0 Å². The van der Waals surface area contributed by atoms with Crippen molar-refractivity contribution in [3.63, 3.8) is 0 Å². The zero-order valence-corrected chi connectivity index (χ0v) is 13.1. The molecule has 0 unspecified atom stereocenters. The van der Waals surface area contributed by atoms with Gasteiger partial charge in [-0.1, -0.05) is 56.2 Å². The van der Waals surface area contributed by atoms with Crippen molar-refractivity contribution >= 4 is 6.16 Å². The number of ether oxygens (including phenoxy) is 1. The van der Waals surface area contributed by atoms with Crippen molar-refractivity contribution in [2.24, 2.45) is 0 Å². The van der Waals surface area contributed by atoms with E-state index in [2.05, 4.69) is 26.0 Å². The van der Waals surface area contributed by atoms with Gasteiger partial charge in [0.25, 0.3) is 0 Å². The largest absolute Gasteiger partial charge is 0.511 e. The molecule has 0 amide bonds. The van der Waals surface area contributed by atoms with Crippen molar-refractivity contribution in [3.05, 3.63) is 53.6 Å². The van der Waals surface area contributed by atoms with Gasteiger partial charge in [-0.05, 0) is 42.5 Å². The molecule has 3 nitrogen and oxygen atoms in total. The standard InChI is InChI=1S/C19H22O3/c1-3-4-5-11-17-16(15-10-7-6-9-14(15)2)12-8-13-18(17)22-19(20)21/h6-10,12-13H,3-5,11H2,1-2H3,(H,20,21). The predicted molar refractivity (Wildman–Crippen MR) is 88.5 cm³/mol. The molecule has 2 aromatic rings. The van der Waals surface area contributed by atoms with Crippen LogP contribution in [0.1, 0.15) is 37.3 Å². The summed E-state index contributed by atoms with van der Waals surface area (Å²) in [4.78, 5) is 10.9. The number of hydrogen-bond donors (Lipinski definition) is 1. The Hall–Kier alpha value is -2.29. The van der Waals surface area contributed by atoms with Crippen molar-refractivity contribution in [1.82, 2.24) is 0 Å². The van der Waals surface area contributed by atoms with Gasteiger partial charge in [0.2, 0.25) is 0 Å². The van der Waals surface area contributed by atoms with Crippen LogP contribution in [0.3, 0.4) is 0 Å². The molecular formula is C19H22O3. The molecule has 0 saturated heterocycles. The lowest BCUT2D eigenvalue weighted by atomic mass is 9.92. The number of hydrogen-bond acceptors (Lipinski definition) is 2. The van der Waals surface area contributed by atoms with Crippen LogP contribution >= 0.6 is 0 Å². The van der Waals surface area contributed by atoms with Crippen LogP contribution in [0.15, 0.2) is 42.5 Å². The molecule has 0 fully saturated rings. The highest BCUT2D eigenvalue weighted by molar-refractivity contribution is 5.74. The molecule has 2 aromatic carbocycles. The van der Waals surface area contributed by atoms with Gasteiger partial charge in [-0.3, -0.25) is 0 Å².